The second kappa shape index (κ2) is 10.7. The maximum absolute atomic E-state index is 2.48. The van der Waals surface area contributed by atoms with Gasteiger partial charge in [-0.15, -0.1) is 0 Å². The molecular formula is C17H26Te. The third-order valence-corrected chi connectivity index (χ3v) is 6.21. The van der Waals surface area contributed by atoms with Gasteiger partial charge in [0.2, 0.25) is 0 Å². The summed E-state index contributed by atoms with van der Waals surface area (Å²) < 4.78 is 3.33. The normalized spacial score (nSPS) is 11.8. The van der Waals surface area contributed by atoms with Crippen LogP contribution in [0.1, 0.15) is 58.8 Å². The van der Waals surface area contributed by atoms with Gasteiger partial charge < -0.3 is 0 Å². The molecule has 0 saturated heterocycles. The van der Waals surface area contributed by atoms with Crippen molar-refractivity contribution in [3.05, 3.63) is 40.0 Å². The molecule has 18 heavy (non-hydrogen) atoms. The van der Waals surface area contributed by atoms with Gasteiger partial charge in [-0.1, -0.05) is 0 Å². The molecule has 0 aliphatic carbocycles. The average molecular weight is 358 g/mol. The SMILES string of the molecule is CC/C=C(\CCCCCCC)[Te]c1ccccc1. The second-order valence-electron chi connectivity index (χ2n) is 4.66. The van der Waals surface area contributed by atoms with Crippen LogP contribution in [0, 0.1) is 0 Å². The molecule has 1 heteroatoms. The van der Waals surface area contributed by atoms with E-state index in [1.54, 1.807) is 7.23 Å². The number of unbranched alkanes of at least 4 members (excludes halogenated alkanes) is 4. The Kier molecular flexibility index (Phi) is 9.35. The fourth-order valence-electron chi connectivity index (χ4n) is 1.97. The minimum absolute atomic E-state index is 0.102. The Hall–Kier alpha value is -0.250. The van der Waals surface area contributed by atoms with Gasteiger partial charge in [0.05, 0.1) is 0 Å². The van der Waals surface area contributed by atoms with Gasteiger partial charge in [-0.3, -0.25) is 0 Å². The van der Waals surface area contributed by atoms with Crippen LogP contribution in [0.4, 0.5) is 0 Å². The van der Waals surface area contributed by atoms with Gasteiger partial charge in [-0.25, -0.2) is 0 Å². The van der Waals surface area contributed by atoms with Crippen LogP contribution in [0.3, 0.4) is 0 Å². The van der Waals surface area contributed by atoms with Gasteiger partial charge in [0.25, 0.3) is 0 Å². The minimum atomic E-state index is -0.102. The Morgan fingerprint density at radius 3 is 2.39 bits per heavy atom. The Balaban J connectivity index is 2.34. The number of allylic oxidation sites excluding steroid dienone is 2. The fraction of sp³-hybridized carbons (Fsp3) is 0.529. The molecule has 0 fully saturated rings. The average Bonchev–Trinajstić information content (AvgIpc) is 2.40. The van der Waals surface area contributed by atoms with Crippen molar-refractivity contribution >= 4 is 24.5 Å². The zero-order valence-corrected chi connectivity index (χ0v) is 14.2. The van der Waals surface area contributed by atoms with Crippen molar-refractivity contribution in [3.63, 3.8) is 0 Å². The van der Waals surface area contributed by atoms with E-state index in [4.69, 9.17) is 0 Å². The fourth-order valence-corrected chi connectivity index (χ4v) is 5.08. The molecule has 0 amide bonds. The molecule has 0 aliphatic rings. The van der Waals surface area contributed by atoms with Gasteiger partial charge in [-0.05, 0) is 0 Å². The molecule has 0 bridgehead atoms. The van der Waals surface area contributed by atoms with E-state index in [-0.39, 0.29) is 20.9 Å². The van der Waals surface area contributed by atoms with Crippen molar-refractivity contribution in [2.75, 3.05) is 0 Å². The monoisotopic (exact) mass is 360 g/mol. The molecule has 0 aliphatic heterocycles. The Morgan fingerprint density at radius 2 is 1.72 bits per heavy atom. The van der Waals surface area contributed by atoms with E-state index < -0.39 is 0 Å². The van der Waals surface area contributed by atoms with E-state index in [2.05, 4.69) is 50.3 Å². The molecule has 1 aromatic carbocycles. The molecule has 0 radical (unpaired) electrons. The van der Waals surface area contributed by atoms with Crippen LogP contribution in [-0.2, 0) is 0 Å². The van der Waals surface area contributed by atoms with Gasteiger partial charge >= 0.3 is 123 Å². The summed E-state index contributed by atoms with van der Waals surface area (Å²) >= 11 is -0.102. The first kappa shape index (κ1) is 15.8. The second-order valence-corrected chi connectivity index (χ2v) is 8.08. The predicted molar refractivity (Wildman–Crippen MR) is 83.6 cm³/mol. The number of hydrogen-bond donors (Lipinski definition) is 0. The van der Waals surface area contributed by atoms with E-state index in [1.165, 1.54) is 44.9 Å². The summed E-state index contributed by atoms with van der Waals surface area (Å²) in [6.45, 7) is 4.54. The van der Waals surface area contributed by atoms with Crippen molar-refractivity contribution in [2.24, 2.45) is 0 Å². The molecular weight excluding hydrogens is 332 g/mol. The first-order valence-electron chi connectivity index (χ1n) is 7.28. The summed E-state index contributed by atoms with van der Waals surface area (Å²) in [6.07, 6.45) is 12.0. The van der Waals surface area contributed by atoms with Crippen molar-refractivity contribution in [1.29, 1.82) is 0 Å². The zero-order valence-electron chi connectivity index (χ0n) is 11.8. The summed E-state index contributed by atoms with van der Waals surface area (Å²) in [4.78, 5) is 0. The molecule has 0 aromatic heterocycles. The summed E-state index contributed by atoms with van der Waals surface area (Å²) in [5.41, 5.74) is 0. The summed E-state index contributed by atoms with van der Waals surface area (Å²) in [5.74, 6) is 0. The zero-order chi connectivity index (χ0) is 13.1. The first-order chi connectivity index (χ1) is 8.86. The van der Waals surface area contributed by atoms with E-state index in [1.807, 2.05) is 0 Å². The van der Waals surface area contributed by atoms with Crippen LogP contribution >= 0.6 is 0 Å². The van der Waals surface area contributed by atoms with E-state index in [0.717, 1.165) is 0 Å². The number of benzene rings is 1. The van der Waals surface area contributed by atoms with Gasteiger partial charge in [-0.2, -0.15) is 0 Å². The summed E-state index contributed by atoms with van der Waals surface area (Å²) in [6, 6.07) is 11.0. The molecule has 0 atom stereocenters. The van der Waals surface area contributed by atoms with Crippen LogP contribution in [0.25, 0.3) is 0 Å². The topological polar surface area (TPSA) is 0 Å². The standard InChI is InChI=1S/C17H26Te/c1-3-5-6-7-9-13-16(12-4-2)18-17-14-10-8-11-15-17/h8,10-12,14-15H,3-7,9,13H2,1-2H3/b16-12+. The molecule has 100 valence electrons. The summed E-state index contributed by atoms with van der Waals surface area (Å²) in [5, 5.41) is 0. The van der Waals surface area contributed by atoms with Crippen molar-refractivity contribution in [3.8, 4) is 0 Å². The van der Waals surface area contributed by atoms with Crippen molar-refractivity contribution in [2.45, 2.75) is 58.8 Å². The van der Waals surface area contributed by atoms with E-state index in [9.17, 15) is 0 Å². The van der Waals surface area contributed by atoms with Crippen LogP contribution in [0.15, 0.2) is 40.0 Å². The van der Waals surface area contributed by atoms with Crippen molar-refractivity contribution in [1.82, 2.24) is 0 Å². The molecule has 0 heterocycles. The molecule has 0 nitrogen and oxygen atoms in total. The molecule has 0 unspecified atom stereocenters. The van der Waals surface area contributed by atoms with Crippen molar-refractivity contribution < 1.29 is 0 Å². The maximum atomic E-state index is 2.48. The third-order valence-electron chi connectivity index (χ3n) is 2.95. The van der Waals surface area contributed by atoms with Crippen LogP contribution in [-0.4, -0.2) is 20.9 Å². The molecule has 0 spiro atoms. The quantitative estimate of drug-likeness (QED) is 0.445. The van der Waals surface area contributed by atoms with Gasteiger partial charge in [0.15, 0.2) is 0 Å². The van der Waals surface area contributed by atoms with E-state index >= 15 is 0 Å². The Morgan fingerprint density at radius 1 is 1.00 bits per heavy atom. The van der Waals surface area contributed by atoms with Crippen LogP contribution < -0.4 is 3.61 Å². The van der Waals surface area contributed by atoms with Crippen LogP contribution in [0.2, 0.25) is 0 Å². The molecule has 1 rings (SSSR count). The predicted octanol–water partition coefficient (Wildman–Crippen LogP) is 4.67. The first-order valence-corrected chi connectivity index (χ1v) is 9.61. The van der Waals surface area contributed by atoms with Gasteiger partial charge in [0.1, 0.15) is 0 Å². The molecule has 0 N–H and O–H groups in total. The molecule has 0 saturated carbocycles. The summed E-state index contributed by atoms with van der Waals surface area (Å²) in [7, 11) is 0. The van der Waals surface area contributed by atoms with Gasteiger partial charge in [0, 0.05) is 0 Å². The number of hydrogen-bond acceptors (Lipinski definition) is 0. The Labute approximate surface area is 123 Å². The Bertz CT molecular complexity index is 327. The van der Waals surface area contributed by atoms with Crippen LogP contribution in [0.5, 0.6) is 0 Å². The molecule has 1 aromatic rings. The van der Waals surface area contributed by atoms with E-state index in [0.29, 0.717) is 0 Å². The third kappa shape index (κ3) is 7.24. The number of rotatable bonds is 9.